The van der Waals surface area contributed by atoms with Gasteiger partial charge in [0.25, 0.3) is 0 Å². The molecule has 0 unspecified atom stereocenters. The van der Waals surface area contributed by atoms with Crippen LogP contribution in [0.4, 0.5) is 0 Å². The van der Waals surface area contributed by atoms with Gasteiger partial charge in [-0.1, -0.05) is 0 Å². The van der Waals surface area contributed by atoms with Gasteiger partial charge in [0, 0.05) is 18.5 Å². The van der Waals surface area contributed by atoms with Crippen molar-refractivity contribution in [3.05, 3.63) is 32.2 Å². The summed E-state index contributed by atoms with van der Waals surface area (Å²) in [5.41, 5.74) is 0.0477. The SMILES string of the molecule is Cc1c(Br)c(=O)c(C(=O)O)cn1[C@H]1CCCOC1. The number of ether oxygens (including phenoxy) is 1. The van der Waals surface area contributed by atoms with Crippen LogP contribution >= 0.6 is 15.9 Å². The van der Waals surface area contributed by atoms with Gasteiger partial charge in [-0.15, -0.1) is 0 Å². The third kappa shape index (κ3) is 2.35. The van der Waals surface area contributed by atoms with Crippen LogP contribution in [-0.4, -0.2) is 28.9 Å². The summed E-state index contributed by atoms with van der Waals surface area (Å²) in [5, 5.41) is 9.04. The van der Waals surface area contributed by atoms with E-state index in [2.05, 4.69) is 15.9 Å². The van der Waals surface area contributed by atoms with Crippen molar-refractivity contribution in [1.29, 1.82) is 0 Å². The van der Waals surface area contributed by atoms with E-state index in [1.54, 1.807) is 6.92 Å². The molecular weight excluding hydrogens is 302 g/mol. The molecule has 98 valence electrons. The summed E-state index contributed by atoms with van der Waals surface area (Å²) in [6.07, 6.45) is 3.29. The van der Waals surface area contributed by atoms with Crippen LogP contribution in [0.15, 0.2) is 15.5 Å². The molecule has 1 aliphatic heterocycles. The van der Waals surface area contributed by atoms with E-state index in [1.165, 1.54) is 6.20 Å². The average Bonchev–Trinajstić information content (AvgIpc) is 2.37. The molecule has 2 rings (SSSR count). The van der Waals surface area contributed by atoms with E-state index in [1.807, 2.05) is 4.57 Å². The van der Waals surface area contributed by atoms with Crippen molar-refractivity contribution in [2.45, 2.75) is 25.8 Å². The topological polar surface area (TPSA) is 68.5 Å². The average molecular weight is 316 g/mol. The molecule has 0 aliphatic carbocycles. The summed E-state index contributed by atoms with van der Waals surface area (Å²) in [6.45, 7) is 3.09. The molecule has 0 amide bonds. The highest BCUT2D eigenvalue weighted by atomic mass is 79.9. The van der Waals surface area contributed by atoms with E-state index in [0.29, 0.717) is 11.1 Å². The van der Waals surface area contributed by atoms with Crippen LogP contribution in [0.1, 0.15) is 34.9 Å². The van der Waals surface area contributed by atoms with E-state index in [9.17, 15) is 9.59 Å². The lowest BCUT2D eigenvalue weighted by Crippen LogP contribution is -2.27. The second-order valence-electron chi connectivity index (χ2n) is 4.35. The highest BCUT2D eigenvalue weighted by Gasteiger charge is 2.21. The predicted molar refractivity (Wildman–Crippen MR) is 69.2 cm³/mol. The molecule has 0 saturated carbocycles. The van der Waals surface area contributed by atoms with E-state index in [-0.39, 0.29) is 11.6 Å². The molecule has 0 aromatic carbocycles. The molecule has 6 heteroatoms. The maximum absolute atomic E-state index is 11.8. The van der Waals surface area contributed by atoms with Crippen LogP contribution in [0.2, 0.25) is 0 Å². The van der Waals surface area contributed by atoms with Crippen molar-refractivity contribution in [2.24, 2.45) is 0 Å². The van der Waals surface area contributed by atoms with Gasteiger partial charge >= 0.3 is 5.97 Å². The molecule has 0 bridgehead atoms. The molecule has 2 heterocycles. The van der Waals surface area contributed by atoms with Gasteiger partial charge < -0.3 is 14.4 Å². The smallest absolute Gasteiger partial charge is 0.341 e. The summed E-state index contributed by atoms with van der Waals surface area (Å²) in [5.74, 6) is -1.20. The third-order valence-corrected chi connectivity index (χ3v) is 4.11. The minimum absolute atomic E-state index is 0.0914. The van der Waals surface area contributed by atoms with Gasteiger partial charge in [-0.25, -0.2) is 4.79 Å². The molecule has 1 N–H and O–H groups in total. The number of carbonyl (C=O) groups is 1. The lowest BCUT2D eigenvalue weighted by atomic mass is 10.1. The van der Waals surface area contributed by atoms with Gasteiger partial charge in [0.1, 0.15) is 5.56 Å². The number of hydrogen-bond acceptors (Lipinski definition) is 3. The highest BCUT2D eigenvalue weighted by Crippen LogP contribution is 2.23. The van der Waals surface area contributed by atoms with Crippen molar-refractivity contribution >= 4 is 21.9 Å². The van der Waals surface area contributed by atoms with E-state index in [0.717, 1.165) is 25.1 Å². The van der Waals surface area contributed by atoms with Crippen molar-refractivity contribution in [2.75, 3.05) is 13.2 Å². The summed E-state index contributed by atoms with van der Waals surface area (Å²) in [4.78, 5) is 22.8. The zero-order valence-electron chi connectivity index (χ0n) is 9.98. The van der Waals surface area contributed by atoms with Gasteiger partial charge in [-0.05, 0) is 35.7 Å². The van der Waals surface area contributed by atoms with Crippen LogP contribution in [0.25, 0.3) is 0 Å². The second kappa shape index (κ2) is 5.24. The van der Waals surface area contributed by atoms with Crippen LogP contribution in [-0.2, 0) is 4.74 Å². The van der Waals surface area contributed by atoms with Gasteiger partial charge in [-0.2, -0.15) is 0 Å². The van der Waals surface area contributed by atoms with Crippen molar-refractivity contribution < 1.29 is 14.6 Å². The Labute approximate surface area is 113 Å². The Morgan fingerprint density at radius 2 is 2.33 bits per heavy atom. The Morgan fingerprint density at radius 1 is 1.61 bits per heavy atom. The number of aromatic nitrogens is 1. The first kappa shape index (κ1) is 13.3. The molecular formula is C12H14BrNO4. The van der Waals surface area contributed by atoms with Crippen LogP contribution in [0.3, 0.4) is 0 Å². The number of carboxylic acids is 1. The lowest BCUT2D eigenvalue weighted by molar-refractivity contribution is 0.0575. The summed E-state index contributed by atoms with van der Waals surface area (Å²) in [6, 6.07) is 0.0914. The Hall–Kier alpha value is -1.14. The van der Waals surface area contributed by atoms with E-state index < -0.39 is 11.4 Å². The molecule has 1 fully saturated rings. The zero-order chi connectivity index (χ0) is 13.3. The van der Waals surface area contributed by atoms with E-state index >= 15 is 0 Å². The highest BCUT2D eigenvalue weighted by molar-refractivity contribution is 9.10. The zero-order valence-corrected chi connectivity index (χ0v) is 11.6. The van der Waals surface area contributed by atoms with E-state index in [4.69, 9.17) is 9.84 Å². The fourth-order valence-electron chi connectivity index (χ4n) is 2.17. The summed E-state index contributed by atoms with van der Waals surface area (Å²) in [7, 11) is 0. The summed E-state index contributed by atoms with van der Waals surface area (Å²) < 4.78 is 7.54. The van der Waals surface area contributed by atoms with Crippen LogP contribution in [0, 0.1) is 6.92 Å². The number of hydrogen-bond donors (Lipinski definition) is 1. The largest absolute Gasteiger partial charge is 0.477 e. The quantitative estimate of drug-likeness (QED) is 0.906. The van der Waals surface area contributed by atoms with Crippen molar-refractivity contribution in [3.63, 3.8) is 0 Å². The molecule has 1 aliphatic rings. The Kier molecular flexibility index (Phi) is 3.87. The molecule has 1 saturated heterocycles. The fourth-order valence-corrected chi connectivity index (χ4v) is 2.58. The number of rotatable bonds is 2. The van der Waals surface area contributed by atoms with Gasteiger partial charge in [0.2, 0.25) is 5.43 Å². The Bertz CT molecular complexity index is 532. The van der Waals surface area contributed by atoms with Crippen molar-refractivity contribution in [3.8, 4) is 0 Å². The first-order valence-corrected chi connectivity index (χ1v) is 6.54. The molecule has 5 nitrogen and oxygen atoms in total. The standard InChI is InChI=1S/C12H14BrNO4/c1-7-10(13)11(15)9(12(16)17)5-14(7)8-3-2-4-18-6-8/h5,8H,2-4,6H2,1H3,(H,16,17)/t8-/m0/s1. The molecule has 18 heavy (non-hydrogen) atoms. The maximum Gasteiger partial charge on any atom is 0.341 e. The maximum atomic E-state index is 11.8. The van der Waals surface area contributed by atoms with Crippen molar-refractivity contribution in [1.82, 2.24) is 4.57 Å². The molecule has 1 aromatic heterocycles. The monoisotopic (exact) mass is 315 g/mol. The fraction of sp³-hybridized carbons (Fsp3) is 0.500. The normalized spacial score (nSPS) is 19.8. The Morgan fingerprint density at radius 3 is 2.89 bits per heavy atom. The number of nitrogens with zero attached hydrogens (tertiary/aromatic N) is 1. The lowest BCUT2D eigenvalue weighted by Gasteiger charge is -2.27. The third-order valence-electron chi connectivity index (χ3n) is 3.18. The van der Waals surface area contributed by atoms with Crippen LogP contribution < -0.4 is 5.43 Å². The minimum atomic E-state index is -1.20. The second-order valence-corrected chi connectivity index (χ2v) is 5.15. The van der Waals surface area contributed by atoms with Gasteiger partial charge in [-0.3, -0.25) is 4.79 Å². The molecule has 1 atom stereocenters. The van der Waals surface area contributed by atoms with Crippen LogP contribution in [0.5, 0.6) is 0 Å². The summed E-state index contributed by atoms with van der Waals surface area (Å²) >= 11 is 3.18. The number of halogens is 1. The minimum Gasteiger partial charge on any atom is -0.477 e. The number of aromatic carboxylic acids is 1. The van der Waals surface area contributed by atoms with Gasteiger partial charge in [0.05, 0.1) is 17.1 Å². The Balaban J connectivity index is 2.53. The molecule has 0 radical (unpaired) electrons. The molecule has 1 aromatic rings. The predicted octanol–water partition coefficient (Wildman–Crippen LogP) is 1.97. The number of carboxylic acid groups (broad SMARTS) is 1. The first-order valence-electron chi connectivity index (χ1n) is 5.74. The number of pyridine rings is 1. The first-order chi connectivity index (χ1) is 8.52. The van der Waals surface area contributed by atoms with Gasteiger partial charge in [0.15, 0.2) is 0 Å². The molecule has 0 spiro atoms.